The summed E-state index contributed by atoms with van der Waals surface area (Å²) in [5.74, 6) is -1.20. The summed E-state index contributed by atoms with van der Waals surface area (Å²) in [5.41, 5.74) is 1.87. The summed E-state index contributed by atoms with van der Waals surface area (Å²) in [4.78, 5) is 42.2. The highest BCUT2D eigenvalue weighted by Crippen LogP contribution is 2.43. The maximum atomic E-state index is 15.6. The van der Waals surface area contributed by atoms with Crippen LogP contribution < -0.4 is 10.3 Å². The Hall–Kier alpha value is -3.76. The Morgan fingerprint density at radius 3 is 2.45 bits per heavy atom. The average Bonchev–Trinajstić information content (AvgIpc) is 2.98. The van der Waals surface area contributed by atoms with Gasteiger partial charge < -0.3 is 28.4 Å². The van der Waals surface area contributed by atoms with E-state index < -0.39 is 29.1 Å². The summed E-state index contributed by atoms with van der Waals surface area (Å²) in [6.07, 6.45) is 0.0708. The van der Waals surface area contributed by atoms with E-state index in [1.165, 1.54) is 17.7 Å². The van der Waals surface area contributed by atoms with E-state index in [0.717, 1.165) is 17.5 Å². The third-order valence-corrected chi connectivity index (χ3v) is 7.83. The summed E-state index contributed by atoms with van der Waals surface area (Å²) in [6.45, 7) is 9.52. The second kappa shape index (κ2) is 11.5. The lowest BCUT2D eigenvalue weighted by molar-refractivity contribution is -0.165. The molecule has 1 atom stereocenters. The first-order valence-corrected chi connectivity index (χ1v) is 14.2. The summed E-state index contributed by atoms with van der Waals surface area (Å²) < 4.78 is 39.4. The largest absolute Gasteiger partial charge is 0.490 e. The Balaban J connectivity index is 1.84. The van der Waals surface area contributed by atoms with Gasteiger partial charge >= 0.3 is 5.97 Å². The second-order valence-electron chi connectivity index (χ2n) is 11.7. The molecule has 1 fully saturated rings. The van der Waals surface area contributed by atoms with E-state index in [0.29, 0.717) is 61.4 Å². The van der Waals surface area contributed by atoms with Crippen LogP contribution in [0.5, 0.6) is 5.75 Å². The number of ether oxygens (including phenoxy) is 4. The molecule has 5 rings (SSSR count). The predicted molar refractivity (Wildman–Crippen MR) is 155 cm³/mol. The van der Waals surface area contributed by atoms with Gasteiger partial charge in [0.1, 0.15) is 0 Å². The lowest BCUT2D eigenvalue weighted by atomic mass is 9.87. The molecule has 0 N–H and O–H groups in total. The molecule has 0 radical (unpaired) electrons. The molecule has 3 aromatic rings. The van der Waals surface area contributed by atoms with Gasteiger partial charge in [0, 0.05) is 42.2 Å². The van der Waals surface area contributed by atoms with Crippen molar-refractivity contribution in [1.82, 2.24) is 9.47 Å². The Kier molecular flexibility index (Phi) is 8.13. The topological polar surface area (TPSA) is 96.3 Å². The fraction of sp³-hybridized carbons (Fsp3) is 0.469. The number of esters is 1. The third kappa shape index (κ3) is 5.41. The SMILES string of the molecule is COC(=O)[C@@H](OC(C)(C)C)c1c(-c2cc(F)c3c(c2C)CCCO3)c2ccc(C(=O)N3CCOCC3)cc2c(=O)n1C. The molecule has 0 unspecified atom stereocenters. The smallest absolute Gasteiger partial charge is 0.341 e. The molecule has 10 heteroatoms. The normalized spacial score (nSPS) is 16.1. The molecule has 0 aliphatic carbocycles. The van der Waals surface area contributed by atoms with Gasteiger partial charge in [0.2, 0.25) is 0 Å². The van der Waals surface area contributed by atoms with Crippen molar-refractivity contribution >= 4 is 22.6 Å². The lowest BCUT2D eigenvalue weighted by Gasteiger charge is -2.30. The first kappa shape index (κ1) is 29.7. The summed E-state index contributed by atoms with van der Waals surface area (Å²) in [6, 6.07) is 6.33. The van der Waals surface area contributed by atoms with Gasteiger partial charge in [-0.2, -0.15) is 0 Å². The first-order valence-electron chi connectivity index (χ1n) is 14.2. The summed E-state index contributed by atoms with van der Waals surface area (Å²) in [7, 11) is 2.80. The Labute approximate surface area is 244 Å². The number of aromatic nitrogens is 1. The van der Waals surface area contributed by atoms with Gasteiger partial charge in [0.05, 0.1) is 38.2 Å². The van der Waals surface area contributed by atoms with Gasteiger partial charge in [-0.15, -0.1) is 0 Å². The maximum absolute atomic E-state index is 15.6. The van der Waals surface area contributed by atoms with E-state index in [9.17, 15) is 14.4 Å². The molecule has 1 aromatic heterocycles. The van der Waals surface area contributed by atoms with Crippen LogP contribution >= 0.6 is 0 Å². The van der Waals surface area contributed by atoms with E-state index in [1.807, 2.05) is 6.92 Å². The van der Waals surface area contributed by atoms with Crippen LogP contribution in [0.3, 0.4) is 0 Å². The molecule has 1 saturated heterocycles. The number of morpholine rings is 1. The van der Waals surface area contributed by atoms with E-state index in [-0.39, 0.29) is 22.7 Å². The number of carbonyl (C=O) groups is 2. The number of hydrogen-bond donors (Lipinski definition) is 0. The van der Waals surface area contributed by atoms with Gasteiger partial charge in [-0.3, -0.25) is 9.59 Å². The van der Waals surface area contributed by atoms with Crippen molar-refractivity contribution in [2.75, 3.05) is 40.0 Å². The Bertz CT molecular complexity index is 1620. The van der Waals surface area contributed by atoms with Crippen LogP contribution in [0.2, 0.25) is 0 Å². The highest BCUT2D eigenvalue weighted by molar-refractivity contribution is 6.04. The van der Waals surface area contributed by atoms with Crippen molar-refractivity contribution in [2.24, 2.45) is 7.05 Å². The van der Waals surface area contributed by atoms with Crippen molar-refractivity contribution in [3.63, 3.8) is 0 Å². The van der Waals surface area contributed by atoms with Gasteiger partial charge in [-0.25, -0.2) is 9.18 Å². The van der Waals surface area contributed by atoms with Gasteiger partial charge in [-0.05, 0) is 75.2 Å². The number of carbonyl (C=O) groups excluding carboxylic acids is 2. The van der Waals surface area contributed by atoms with E-state index in [2.05, 4.69) is 0 Å². The van der Waals surface area contributed by atoms with Crippen molar-refractivity contribution in [3.8, 4) is 16.9 Å². The number of pyridine rings is 1. The van der Waals surface area contributed by atoms with E-state index >= 15 is 4.39 Å². The molecule has 0 saturated carbocycles. The zero-order valence-corrected chi connectivity index (χ0v) is 25.0. The summed E-state index contributed by atoms with van der Waals surface area (Å²) in [5, 5.41) is 0.737. The molecule has 2 aromatic carbocycles. The molecule has 2 aliphatic heterocycles. The van der Waals surface area contributed by atoms with E-state index in [1.54, 1.807) is 50.9 Å². The number of halogens is 1. The monoisotopic (exact) mass is 580 g/mol. The number of benzene rings is 2. The molecular weight excluding hydrogens is 543 g/mol. The quantitative estimate of drug-likeness (QED) is 0.411. The maximum Gasteiger partial charge on any atom is 0.341 e. The molecule has 2 aliphatic rings. The minimum atomic E-state index is -1.29. The molecule has 224 valence electrons. The number of fused-ring (bicyclic) bond motifs is 2. The van der Waals surface area contributed by atoms with Crippen molar-refractivity contribution < 1.29 is 32.9 Å². The van der Waals surface area contributed by atoms with Crippen LogP contribution in [0.4, 0.5) is 4.39 Å². The Morgan fingerprint density at radius 2 is 1.79 bits per heavy atom. The van der Waals surface area contributed by atoms with Gasteiger partial charge in [-0.1, -0.05) is 6.07 Å². The number of amides is 1. The standard InChI is InChI=1S/C32H37FN2O7/c1-18-20-8-7-13-41-27(20)24(33)17-22(18)25-21-10-9-19(29(36)35-11-14-40-15-12-35)16-23(21)30(37)34(5)26(25)28(31(38)39-6)42-32(2,3)4/h9-10,16-17,28H,7-8,11-15H2,1-6H3/t28-/m0/s1. The zero-order valence-electron chi connectivity index (χ0n) is 25.0. The molecular formula is C32H37FN2O7. The predicted octanol–water partition coefficient (Wildman–Crippen LogP) is 4.48. The number of hydrogen-bond acceptors (Lipinski definition) is 7. The number of methoxy groups -OCH3 is 1. The molecule has 42 heavy (non-hydrogen) atoms. The van der Waals surface area contributed by atoms with Crippen LogP contribution in [0, 0.1) is 12.7 Å². The minimum absolute atomic E-state index is 0.204. The van der Waals surface area contributed by atoms with Crippen LogP contribution in [-0.4, -0.2) is 67.0 Å². The van der Waals surface area contributed by atoms with Gasteiger partial charge in [0.15, 0.2) is 17.7 Å². The van der Waals surface area contributed by atoms with Crippen LogP contribution in [0.15, 0.2) is 29.1 Å². The minimum Gasteiger partial charge on any atom is -0.490 e. The highest BCUT2D eigenvalue weighted by atomic mass is 19.1. The van der Waals surface area contributed by atoms with Crippen LogP contribution in [0.1, 0.15) is 60.5 Å². The van der Waals surface area contributed by atoms with Crippen LogP contribution in [-0.2, 0) is 32.5 Å². The fourth-order valence-electron chi connectivity index (χ4n) is 5.80. The summed E-state index contributed by atoms with van der Waals surface area (Å²) >= 11 is 0. The van der Waals surface area contributed by atoms with Crippen molar-refractivity contribution in [1.29, 1.82) is 0 Å². The molecule has 1 amide bonds. The fourth-order valence-corrected chi connectivity index (χ4v) is 5.80. The zero-order chi connectivity index (χ0) is 30.3. The third-order valence-electron chi connectivity index (χ3n) is 7.83. The average molecular weight is 581 g/mol. The number of nitrogens with zero attached hydrogens (tertiary/aromatic N) is 2. The highest BCUT2D eigenvalue weighted by Gasteiger charge is 2.35. The lowest BCUT2D eigenvalue weighted by Crippen LogP contribution is -2.40. The Morgan fingerprint density at radius 1 is 1.07 bits per heavy atom. The molecule has 9 nitrogen and oxygen atoms in total. The van der Waals surface area contributed by atoms with Crippen molar-refractivity contribution in [3.05, 3.63) is 62.8 Å². The molecule has 0 bridgehead atoms. The van der Waals surface area contributed by atoms with Crippen LogP contribution in [0.25, 0.3) is 21.9 Å². The first-order chi connectivity index (χ1) is 19.9. The second-order valence-corrected chi connectivity index (χ2v) is 11.7. The van der Waals surface area contributed by atoms with E-state index in [4.69, 9.17) is 18.9 Å². The molecule has 3 heterocycles. The van der Waals surface area contributed by atoms with Crippen molar-refractivity contribution in [2.45, 2.75) is 52.2 Å². The number of rotatable bonds is 5. The molecule has 0 spiro atoms. The van der Waals surface area contributed by atoms with Gasteiger partial charge in [0.25, 0.3) is 11.5 Å².